The molecule has 0 aliphatic carbocycles. The standard InChI is InChI=1S/C16H18N4O2/c21-20(22)16-13-2-1-8-17-14(13)5-6-15(16)19-9-7-11-3-4-12(10-19)18-11/h1-2,5-6,8,11-12,18H,3-4,7,9-10H2. The van der Waals surface area contributed by atoms with Gasteiger partial charge in [0.15, 0.2) is 0 Å². The maximum Gasteiger partial charge on any atom is 0.301 e. The fourth-order valence-corrected chi connectivity index (χ4v) is 3.73. The SMILES string of the molecule is O=[N+]([O-])c1c(N2CCC3CCC(C2)N3)ccc2ncccc12. The van der Waals surface area contributed by atoms with Gasteiger partial charge >= 0.3 is 5.69 Å². The van der Waals surface area contributed by atoms with Crippen molar-refractivity contribution < 1.29 is 4.92 Å². The lowest BCUT2D eigenvalue weighted by Gasteiger charge is -2.26. The van der Waals surface area contributed by atoms with Gasteiger partial charge in [0.1, 0.15) is 5.69 Å². The summed E-state index contributed by atoms with van der Waals surface area (Å²) < 4.78 is 0. The van der Waals surface area contributed by atoms with Crippen molar-refractivity contribution in [1.82, 2.24) is 10.3 Å². The summed E-state index contributed by atoms with van der Waals surface area (Å²) in [6.07, 6.45) is 5.09. The lowest BCUT2D eigenvalue weighted by atomic mass is 10.1. The van der Waals surface area contributed by atoms with Crippen LogP contribution in [0.3, 0.4) is 0 Å². The molecule has 3 heterocycles. The Bertz CT molecular complexity index is 733. The summed E-state index contributed by atoms with van der Waals surface area (Å²) in [7, 11) is 0. The van der Waals surface area contributed by atoms with Crippen LogP contribution < -0.4 is 10.2 Å². The minimum atomic E-state index is -0.268. The van der Waals surface area contributed by atoms with E-state index < -0.39 is 0 Å². The van der Waals surface area contributed by atoms with Crippen LogP contribution >= 0.6 is 0 Å². The third-order valence-electron chi connectivity index (χ3n) is 4.78. The van der Waals surface area contributed by atoms with Crippen LogP contribution in [0.25, 0.3) is 10.9 Å². The fourth-order valence-electron chi connectivity index (χ4n) is 3.73. The highest BCUT2D eigenvalue weighted by Gasteiger charge is 2.32. The Morgan fingerprint density at radius 1 is 1.23 bits per heavy atom. The van der Waals surface area contributed by atoms with Crippen LogP contribution in [-0.2, 0) is 0 Å². The van der Waals surface area contributed by atoms with Crippen LogP contribution in [0.15, 0.2) is 30.5 Å². The summed E-state index contributed by atoms with van der Waals surface area (Å²) in [5.74, 6) is 0. The van der Waals surface area contributed by atoms with Crippen molar-refractivity contribution in [2.75, 3.05) is 18.0 Å². The van der Waals surface area contributed by atoms with Crippen molar-refractivity contribution >= 4 is 22.3 Å². The predicted molar refractivity (Wildman–Crippen MR) is 85.2 cm³/mol. The number of aromatic nitrogens is 1. The first-order valence-electron chi connectivity index (χ1n) is 7.75. The molecule has 2 atom stereocenters. The van der Waals surface area contributed by atoms with Crippen LogP contribution in [-0.4, -0.2) is 35.1 Å². The first-order valence-corrected chi connectivity index (χ1v) is 7.75. The van der Waals surface area contributed by atoms with E-state index in [-0.39, 0.29) is 10.6 Å². The second kappa shape index (κ2) is 5.21. The van der Waals surface area contributed by atoms with Crippen LogP contribution in [0, 0.1) is 10.1 Å². The van der Waals surface area contributed by atoms with E-state index in [9.17, 15) is 10.1 Å². The van der Waals surface area contributed by atoms with E-state index in [2.05, 4.69) is 15.2 Å². The van der Waals surface area contributed by atoms with Crippen molar-refractivity contribution in [3.05, 3.63) is 40.6 Å². The van der Waals surface area contributed by atoms with Gasteiger partial charge in [0.25, 0.3) is 0 Å². The molecule has 2 fully saturated rings. The number of pyridine rings is 1. The Morgan fingerprint density at radius 2 is 2.09 bits per heavy atom. The van der Waals surface area contributed by atoms with E-state index in [0.717, 1.165) is 31.6 Å². The van der Waals surface area contributed by atoms with Gasteiger partial charge < -0.3 is 10.2 Å². The third-order valence-corrected chi connectivity index (χ3v) is 4.78. The number of hydrogen-bond donors (Lipinski definition) is 1. The van der Waals surface area contributed by atoms with Crippen molar-refractivity contribution in [2.45, 2.75) is 31.3 Å². The highest BCUT2D eigenvalue weighted by molar-refractivity contribution is 5.94. The second-order valence-electron chi connectivity index (χ2n) is 6.13. The van der Waals surface area contributed by atoms with Gasteiger partial charge in [-0.15, -0.1) is 0 Å². The van der Waals surface area contributed by atoms with E-state index >= 15 is 0 Å². The molecule has 1 N–H and O–H groups in total. The van der Waals surface area contributed by atoms with Gasteiger partial charge in [-0.1, -0.05) is 0 Å². The average molecular weight is 298 g/mol. The topological polar surface area (TPSA) is 71.3 Å². The van der Waals surface area contributed by atoms with Crippen LogP contribution in [0.4, 0.5) is 11.4 Å². The summed E-state index contributed by atoms with van der Waals surface area (Å²) in [6.45, 7) is 1.70. The number of nitro groups is 1. The monoisotopic (exact) mass is 298 g/mol. The minimum Gasteiger partial charge on any atom is -0.364 e. The first kappa shape index (κ1) is 13.5. The van der Waals surface area contributed by atoms with Crippen molar-refractivity contribution in [1.29, 1.82) is 0 Å². The van der Waals surface area contributed by atoms with Gasteiger partial charge in [-0.2, -0.15) is 0 Å². The molecule has 22 heavy (non-hydrogen) atoms. The number of hydrogen-bond acceptors (Lipinski definition) is 5. The molecule has 0 amide bonds. The Balaban J connectivity index is 1.80. The number of fused-ring (bicyclic) bond motifs is 3. The van der Waals surface area contributed by atoms with E-state index in [1.165, 1.54) is 6.42 Å². The van der Waals surface area contributed by atoms with Gasteiger partial charge in [0.2, 0.25) is 0 Å². The average Bonchev–Trinajstić information content (AvgIpc) is 2.85. The molecular weight excluding hydrogens is 280 g/mol. The quantitative estimate of drug-likeness (QED) is 0.681. The molecule has 0 spiro atoms. The third kappa shape index (κ3) is 2.20. The molecule has 6 heteroatoms. The van der Waals surface area contributed by atoms with Crippen LogP contribution in [0.5, 0.6) is 0 Å². The smallest absolute Gasteiger partial charge is 0.301 e. The van der Waals surface area contributed by atoms with Gasteiger partial charge in [-0.05, 0) is 43.5 Å². The molecule has 1 aromatic heterocycles. The normalized spacial score (nSPS) is 24.5. The molecule has 1 aromatic carbocycles. The Kier molecular flexibility index (Phi) is 3.18. The van der Waals surface area contributed by atoms with Crippen molar-refractivity contribution in [3.63, 3.8) is 0 Å². The number of rotatable bonds is 2. The second-order valence-corrected chi connectivity index (χ2v) is 6.13. The highest BCUT2D eigenvalue weighted by Crippen LogP contribution is 2.36. The van der Waals surface area contributed by atoms with E-state index in [1.807, 2.05) is 12.1 Å². The molecule has 2 unspecified atom stereocenters. The molecule has 2 aromatic rings. The van der Waals surface area contributed by atoms with Gasteiger partial charge in [0, 0.05) is 31.4 Å². The van der Waals surface area contributed by atoms with Crippen LogP contribution in [0.2, 0.25) is 0 Å². The summed E-state index contributed by atoms with van der Waals surface area (Å²) >= 11 is 0. The molecule has 4 rings (SSSR count). The number of benzene rings is 1. The molecule has 6 nitrogen and oxygen atoms in total. The molecule has 2 saturated heterocycles. The van der Waals surface area contributed by atoms with Crippen molar-refractivity contribution in [3.8, 4) is 0 Å². The highest BCUT2D eigenvalue weighted by atomic mass is 16.6. The fraction of sp³-hybridized carbons (Fsp3) is 0.438. The van der Waals surface area contributed by atoms with E-state index in [4.69, 9.17) is 0 Å². The van der Waals surface area contributed by atoms with Crippen LogP contribution in [0.1, 0.15) is 19.3 Å². The van der Waals surface area contributed by atoms with Gasteiger partial charge in [-0.3, -0.25) is 15.1 Å². The zero-order valence-electron chi connectivity index (χ0n) is 12.2. The number of nitrogens with zero attached hydrogens (tertiary/aromatic N) is 3. The Hall–Kier alpha value is -2.21. The molecule has 114 valence electrons. The molecule has 2 bridgehead atoms. The van der Waals surface area contributed by atoms with Gasteiger partial charge in [-0.25, -0.2) is 0 Å². The molecule has 0 saturated carbocycles. The Labute approximate surface area is 128 Å². The minimum absolute atomic E-state index is 0.184. The number of nitrogens with one attached hydrogen (secondary N) is 1. The number of nitro benzene ring substituents is 1. The summed E-state index contributed by atoms with van der Waals surface area (Å²) in [5, 5.41) is 15.9. The van der Waals surface area contributed by atoms with Crippen molar-refractivity contribution in [2.24, 2.45) is 0 Å². The zero-order chi connectivity index (χ0) is 15.1. The Morgan fingerprint density at radius 3 is 2.95 bits per heavy atom. The largest absolute Gasteiger partial charge is 0.364 e. The molecule has 2 aliphatic rings. The van der Waals surface area contributed by atoms with Gasteiger partial charge in [0.05, 0.1) is 15.8 Å². The molecular formula is C16H18N4O2. The maximum absolute atomic E-state index is 11.7. The molecule has 0 radical (unpaired) electrons. The number of anilines is 1. The summed E-state index contributed by atoms with van der Waals surface area (Å²) in [4.78, 5) is 17.8. The lowest BCUT2D eigenvalue weighted by molar-refractivity contribution is -0.382. The maximum atomic E-state index is 11.7. The van der Waals surface area contributed by atoms with E-state index in [0.29, 0.717) is 23.0 Å². The molecule has 2 aliphatic heterocycles. The predicted octanol–water partition coefficient (Wildman–Crippen LogP) is 2.47. The zero-order valence-corrected chi connectivity index (χ0v) is 12.2. The summed E-state index contributed by atoms with van der Waals surface area (Å²) in [6, 6.07) is 8.28. The lowest BCUT2D eigenvalue weighted by Crippen LogP contribution is -2.35. The van der Waals surface area contributed by atoms with E-state index in [1.54, 1.807) is 18.3 Å². The summed E-state index contributed by atoms with van der Waals surface area (Å²) in [5.41, 5.74) is 1.58. The first-order chi connectivity index (χ1) is 10.7.